The highest BCUT2D eigenvalue weighted by Gasteiger charge is 2.42. The number of aromatic nitrogens is 3. The molecule has 0 aliphatic carbocycles. The molecule has 1 atom stereocenters. The van der Waals surface area contributed by atoms with Crippen molar-refractivity contribution in [2.45, 2.75) is 44.8 Å². The minimum absolute atomic E-state index is 0.0865. The molecule has 3 amide bonds. The Bertz CT molecular complexity index is 1900. The molecular weight excluding hydrogens is 617 g/mol. The SMILES string of the molecule is COc1ccc2[nH]c(C)c(CC(=O)N[C@@H](CCCCNC(=O)NOC(=O)C(F)(F)F)c3[nH]c(-c4ccc5ccccc5c4)c[nH+]3)c2c1. The Morgan fingerprint density at radius 3 is 2.53 bits per heavy atom. The molecule has 11 nitrogen and oxygen atoms in total. The molecule has 0 radical (unpaired) electrons. The topological polar surface area (TPSA) is 151 Å². The van der Waals surface area contributed by atoms with E-state index in [-0.39, 0.29) is 18.9 Å². The Labute approximate surface area is 267 Å². The van der Waals surface area contributed by atoms with Crippen LogP contribution in [0.2, 0.25) is 0 Å². The molecule has 0 aliphatic heterocycles. The number of hydroxylamine groups is 1. The number of halogens is 3. The molecule has 5 rings (SSSR count). The van der Waals surface area contributed by atoms with Crippen LogP contribution in [0.4, 0.5) is 18.0 Å². The fourth-order valence-electron chi connectivity index (χ4n) is 5.34. The molecule has 0 bridgehead atoms. The van der Waals surface area contributed by atoms with Crippen LogP contribution < -0.4 is 25.8 Å². The standard InChI is InChI=1S/C33H33F3N6O5/c1-19-24(25-16-23(46-2)12-13-26(25)39-19)17-29(43)40-27(9-5-6-14-37-32(45)42-47-31(44)33(34,35)36)30-38-18-28(41-30)22-11-10-20-7-3-4-8-21(20)15-22/h3-4,7-8,10-13,15-16,18,27,39H,5-6,9,14,17H2,1-2H3,(H,38,41)(H,40,43)(H2,37,42,45)/p+1/t27-/m0/s1. The number of alkyl halides is 3. The molecule has 14 heteroatoms. The minimum atomic E-state index is -5.23. The second kappa shape index (κ2) is 14.3. The summed E-state index contributed by atoms with van der Waals surface area (Å²) >= 11 is 0. The van der Waals surface area contributed by atoms with Gasteiger partial charge >= 0.3 is 18.2 Å². The van der Waals surface area contributed by atoms with Crippen molar-refractivity contribution >= 4 is 39.6 Å². The van der Waals surface area contributed by atoms with Crippen LogP contribution in [0.1, 0.15) is 42.4 Å². The number of urea groups is 1. The van der Waals surface area contributed by atoms with E-state index in [9.17, 15) is 27.6 Å². The van der Waals surface area contributed by atoms with Crippen LogP contribution in [0.25, 0.3) is 32.9 Å². The van der Waals surface area contributed by atoms with E-state index in [1.807, 2.05) is 67.7 Å². The van der Waals surface area contributed by atoms with Gasteiger partial charge in [0, 0.05) is 28.7 Å². The van der Waals surface area contributed by atoms with E-state index in [2.05, 4.69) is 36.5 Å². The summed E-state index contributed by atoms with van der Waals surface area (Å²) in [6.07, 6.45) is -1.86. The van der Waals surface area contributed by atoms with Gasteiger partial charge in [-0.1, -0.05) is 30.3 Å². The number of unbranched alkanes of at least 4 members (excludes halogenated alkanes) is 1. The van der Waals surface area contributed by atoms with Gasteiger partial charge in [-0.15, -0.1) is 0 Å². The maximum atomic E-state index is 13.5. The lowest BCUT2D eigenvalue weighted by molar-refractivity contribution is -0.391. The van der Waals surface area contributed by atoms with Crippen LogP contribution in [0, 0.1) is 6.92 Å². The van der Waals surface area contributed by atoms with Gasteiger partial charge in [0.2, 0.25) is 5.91 Å². The zero-order valence-corrected chi connectivity index (χ0v) is 25.6. The summed E-state index contributed by atoms with van der Waals surface area (Å²) in [4.78, 5) is 49.7. The number of imidazole rings is 1. The Kier molecular flexibility index (Phi) is 9.97. The third-order valence-electron chi connectivity index (χ3n) is 7.72. The summed E-state index contributed by atoms with van der Waals surface area (Å²) in [5, 5.41) is 8.55. The number of carbonyl (C=O) groups excluding carboxylic acids is 3. The molecule has 2 heterocycles. The number of rotatable bonds is 11. The van der Waals surface area contributed by atoms with Crippen molar-refractivity contribution in [1.29, 1.82) is 0 Å². The molecule has 47 heavy (non-hydrogen) atoms. The number of benzene rings is 3. The third kappa shape index (κ3) is 8.20. The van der Waals surface area contributed by atoms with Gasteiger partial charge in [-0.05, 0) is 72.9 Å². The first-order valence-corrected chi connectivity index (χ1v) is 14.9. The number of carbonyl (C=O) groups is 3. The fraction of sp³-hybridized carbons (Fsp3) is 0.273. The number of ether oxygens (including phenoxy) is 1. The summed E-state index contributed by atoms with van der Waals surface area (Å²) in [5.41, 5.74) is 5.82. The summed E-state index contributed by atoms with van der Waals surface area (Å²) in [7, 11) is 1.58. The normalized spacial score (nSPS) is 12.1. The predicted octanol–water partition coefficient (Wildman–Crippen LogP) is 5.34. The lowest BCUT2D eigenvalue weighted by Gasteiger charge is -2.15. The number of hydrogen-bond donors (Lipinski definition) is 5. The summed E-state index contributed by atoms with van der Waals surface area (Å²) in [6.45, 7) is 2.00. The van der Waals surface area contributed by atoms with Gasteiger partial charge in [-0.25, -0.2) is 19.6 Å². The van der Waals surface area contributed by atoms with E-state index in [4.69, 9.17) is 4.74 Å². The predicted molar refractivity (Wildman–Crippen MR) is 167 cm³/mol. The van der Waals surface area contributed by atoms with Gasteiger partial charge in [0.1, 0.15) is 18.0 Å². The van der Waals surface area contributed by atoms with Crippen LogP contribution in [-0.2, 0) is 20.8 Å². The monoisotopic (exact) mass is 651 g/mol. The first kappa shape index (κ1) is 32.9. The first-order chi connectivity index (χ1) is 22.5. The van der Waals surface area contributed by atoms with E-state index >= 15 is 0 Å². The molecule has 5 aromatic rings. The van der Waals surface area contributed by atoms with E-state index in [0.717, 1.165) is 44.2 Å². The van der Waals surface area contributed by atoms with Crippen LogP contribution >= 0.6 is 0 Å². The minimum Gasteiger partial charge on any atom is -0.497 e. The summed E-state index contributed by atoms with van der Waals surface area (Å²) in [5.74, 6) is -1.39. The van der Waals surface area contributed by atoms with Crippen molar-refractivity contribution in [2.24, 2.45) is 0 Å². The number of hydrogen-bond acceptors (Lipinski definition) is 5. The second-order valence-corrected chi connectivity index (χ2v) is 11.0. The molecule has 2 aromatic heterocycles. The van der Waals surface area contributed by atoms with Crippen molar-refractivity contribution < 1.29 is 42.1 Å². The average molecular weight is 652 g/mol. The van der Waals surface area contributed by atoms with Crippen molar-refractivity contribution in [1.82, 2.24) is 26.1 Å². The molecule has 6 N–H and O–H groups in total. The highest BCUT2D eigenvalue weighted by molar-refractivity contribution is 5.91. The Morgan fingerprint density at radius 2 is 1.77 bits per heavy atom. The molecule has 0 unspecified atom stereocenters. The van der Waals surface area contributed by atoms with Crippen molar-refractivity contribution in [3.63, 3.8) is 0 Å². The molecule has 0 saturated carbocycles. The highest BCUT2D eigenvalue weighted by atomic mass is 19.4. The Hall–Kier alpha value is -5.53. The second-order valence-electron chi connectivity index (χ2n) is 11.0. The van der Waals surface area contributed by atoms with Crippen molar-refractivity contribution in [2.75, 3.05) is 13.7 Å². The number of H-pyrrole nitrogens is 3. The lowest BCUT2D eigenvalue weighted by Crippen LogP contribution is -2.40. The quantitative estimate of drug-likeness (QED) is 0.0966. The smallest absolute Gasteiger partial charge is 0.493 e. The van der Waals surface area contributed by atoms with Gasteiger partial charge in [0.25, 0.3) is 5.82 Å². The van der Waals surface area contributed by atoms with Gasteiger partial charge in [-0.2, -0.15) is 18.7 Å². The van der Waals surface area contributed by atoms with E-state index in [0.29, 0.717) is 30.8 Å². The largest absolute Gasteiger partial charge is 0.497 e. The van der Waals surface area contributed by atoms with Crippen molar-refractivity contribution in [3.8, 4) is 17.0 Å². The number of aryl methyl sites for hydroxylation is 1. The van der Waals surface area contributed by atoms with Crippen LogP contribution in [-0.4, -0.2) is 47.7 Å². The van der Waals surface area contributed by atoms with Crippen molar-refractivity contribution in [3.05, 3.63) is 83.9 Å². The molecule has 0 spiro atoms. The molecular formula is C33H34F3N6O5+. The van der Waals surface area contributed by atoms with Gasteiger partial charge in [0.15, 0.2) is 5.69 Å². The molecule has 246 valence electrons. The Morgan fingerprint density at radius 1 is 0.979 bits per heavy atom. The molecule has 0 fully saturated rings. The first-order valence-electron chi connectivity index (χ1n) is 14.9. The molecule has 0 saturated heterocycles. The molecule has 3 aromatic carbocycles. The summed E-state index contributed by atoms with van der Waals surface area (Å²) in [6, 6.07) is 18.2. The van der Waals surface area contributed by atoms with Crippen LogP contribution in [0.3, 0.4) is 0 Å². The highest BCUT2D eigenvalue weighted by Crippen LogP contribution is 2.28. The lowest BCUT2D eigenvalue weighted by atomic mass is 10.0. The number of aromatic amines is 3. The van der Waals surface area contributed by atoms with Crippen LogP contribution in [0.5, 0.6) is 5.75 Å². The van der Waals surface area contributed by atoms with E-state index in [1.54, 1.807) is 7.11 Å². The van der Waals surface area contributed by atoms with Crippen LogP contribution in [0.15, 0.2) is 66.9 Å². The van der Waals surface area contributed by atoms with E-state index < -0.39 is 24.2 Å². The average Bonchev–Trinajstić information content (AvgIpc) is 3.66. The zero-order valence-electron chi connectivity index (χ0n) is 25.6. The third-order valence-corrected chi connectivity index (χ3v) is 7.72. The number of methoxy groups -OCH3 is 1. The van der Waals surface area contributed by atoms with E-state index in [1.165, 1.54) is 5.48 Å². The number of fused-ring (bicyclic) bond motifs is 2. The Balaban J connectivity index is 1.26. The zero-order chi connectivity index (χ0) is 33.6. The maximum absolute atomic E-state index is 13.5. The molecule has 0 aliphatic rings. The number of nitrogens with one attached hydrogen (secondary N) is 6. The van der Waals surface area contributed by atoms with Gasteiger partial charge < -0.3 is 25.2 Å². The van der Waals surface area contributed by atoms with Gasteiger partial charge in [-0.3, -0.25) is 4.79 Å². The van der Waals surface area contributed by atoms with Gasteiger partial charge in [0.05, 0.1) is 13.5 Å². The number of amides is 3. The summed E-state index contributed by atoms with van der Waals surface area (Å²) < 4.78 is 42.1. The maximum Gasteiger partial charge on any atom is 0.493 e. The fourth-order valence-corrected chi connectivity index (χ4v) is 5.34.